The van der Waals surface area contributed by atoms with Crippen molar-refractivity contribution in [2.75, 3.05) is 7.11 Å². The minimum Gasteiger partial charge on any atom is -0.481 e. The Hall–Kier alpha value is -3.20. The van der Waals surface area contributed by atoms with Gasteiger partial charge in [0.25, 0.3) is 0 Å². The molecule has 1 aliphatic rings. The normalized spacial score (nSPS) is 21.4. The number of methoxy groups -OCH3 is 1. The fourth-order valence-electron chi connectivity index (χ4n) is 3.56. The van der Waals surface area contributed by atoms with Crippen molar-refractivity contribution in [3.8, 4) is 5.88 Å². The number of rotatable bonds is 6. The van der Waals surface area contributed by atoms with Gasteiger partial charge in [0.1, 0.15) is 5.60 Å². The number of nitrogens with one attached hydrogen (secondary N) is 1. The summed E-state index contributed by atoms with van der Waals surface area (Å²) in [6.45, 7) is 5.37. The number of pyridine rings is 2. The number of fused-ring (bicyclic) bond motifs is 1. The molecule has 9 nitrogen and oxygen atoms in total. The van der Waals surface area contributed by atoms with Crippen LogP contribution in [-0.4, -0.2) is 52.9 Å². The van der Waals surface area contributed by atoms with E-state index in [9.17, 15) is 9.59 Å². The highest BCUT2D eigenvalue weighted by Crippen LogP contribution is 2.25. The molecule has 0 radical (unpaired) electrons. The summed E-state index contributed by atoms with van der Waals surface area (Å²) in [4.78, 5) is 32.6. The van der Waals surface area contributed by atoms with Gasteiger partial charge in [0.05, 0.1) is 42.8 Å². The van der Waals surface area contributed by atoms with Crippen LogP contribution in [0.3, 0.4) is 0 Å². The molecule has 172 valence electrons. The van der Waals surface area contributed by atoms with E-state index >= 15 is 0 Å². The lowest BCUT2D eigenvalue weighted by Gasteiger charge is -2.36. The second-order valence-electron chi connectivity index (χ2n) is 8.69. The molecule has 2 aromatic heterocycles. The molecule has 3 heterocycles. The maximum Gasteiger partial charge on any atom is 0.407 e. The summed E-state index contributed by atoms with van der Waals surface area (Å²) in [7, 11) is 1.57. The average Bonchev–Trinajstić information content (AvgIpc) is 2.71. The van der Waals surface area contributed by atoms with E-state index in [2.05, 4.69) is 15.3 Å². The maximum atomic E-state index is 12.2. The van der Waals surface area contributed by atoms with Crippen LogP contribution >= 0.6 is 0 Å². The third-order valence-electron chi connectivity index (χ3n) is 4.95. The number of nitrogens with zero attached hydrogens (tertiary/aromatic N) is 2. The highest BCUT2D eigenvalue weighted by Gasteiger charge is 2.33. The zero-order valence-corrected chi connectivity index (χ0v) is 18.8. The van der Waals surface area contributed by atoms with Gasteiger partial charge in [-0.1, -0.05) is 12.2 Å². The summed E-state index contributed by atoms with van der Waals surface area (Å²) in [5, 5.41) is 2.81. The molecule has 1 saturated heterocycles. The van der Waals surface area contributed by atoms with Crippen LogP contribution in [0.1, 0.15) is 45.6 Å². The van der Waals surface area contributed by atoms with E-state index in [1.54, 1.807) is 40.1 Å². The first-order valence-electron chi connectivity index (χ1n) is 10.6. The van der Waals surface area contributed by atoms with Crippen molar-refractivity contribution in [1.82, 2.24) is 15.3 Å². The molecule has 0 spiro atoms. The summed E-state index contributed by atoms with van der Waals surface area (Å²) in [6.07, 6.45) is 5.51. The second kappa shape index (κ2) is 9.95. The van der Waals surface area contributed by atoms with Crippen LogP contribution in [0.25, 0.3) is 17.1 Å². The van der Waals surface area contributed by atoms with E-state index in [0.29, 0.717) is 18.7 Å². The first-order valence-corrected chi connectivity index (χ1v) is 10.6. The van der Waals surface area contributed by atoms with Gasteiger partial charge < -0.3 is 25.3 Å². The maximum absolute atomic E-state index is 12.2. The summed E-state index contributed by atoms with van der Waals surface area (Å²) >= 11 is 0. The number of carbonyl (C=O) groups is 2. The van der Waals surface area contributed by atoms with Gasteiger partial charge in [-0.2, -0.15) is 0 Å². The first-order chi connectivity index (χ1) is 15.1. The summed E-state index contributed by atoms with van der Waals surface area (Å²) in [5.41, 5.74) is 7.14. The zero-order valence-electron chi connectivity index (χ0n) is 18.8. The molecule has 32 heavy (non-hydrogen) atoms. The number of ether oxygens (including phenoxy) is 3. The smallest absolute Gasteiger partial charge is 0.407 e. The molecule has 2 amide bonds. The van der Waals surface area contributed by atoms with Crippen molar-refractivity contribution in [3.05, 3.63) is 36.0 Å². The van der Waals surface area contributed by atoms with Gasteiger partial charge >= 0.3 is 6.09 Å². The Morgan fingerprint density at radius 2 is 2.06 bits per heavy atom. The second-order valence-corrected chi connectivity index (χ2v) is 8.69. The van der Waals surface area contributed by atoms with E-state index in [1.807, 2.05) is 24.3 Å². The minimum atomic E-state index is -0.617. The molecular formula is C23H30N4O5. The molecule has 3 rings (SSSR count). The third-order valence-corrected chi connectivity index (χ3v) is 4.95. The van der Waals surface area contributed by atoms with Gasteiger partial charge in [0.2, 0.25) is 11.8 Å². The molecule has 0 aromatic carbocycles. The fraction of sp³-hybridized carbons (Fsp3) is 0.478. The lowest BCUT2D eigenvalue weighted by atomic mass is 9.95. The van der Waals surface area contributed by atoms with Crippen LogP contribution in [0.4, 0.5) is 4.79 Å². The Bertz CT molecular complexity index is 1000. The third kappa shape index (κ3) is 6.40. The lowest BCUT2D eigenvalue weighted by molar-refractivity contribution is -0.124. The van der Waals surface area contributed by atoms with Crippen LogP contribution < -0.4 is 15.8 Å². The average molecular weight is 443 g/mol. The topological polar surface area (TPSA) is 126 Å². The van der Waals surface area contributed by atoms with E-state index in [0.717, 1.165) is 16.6 Å². The molecule has 0 saturated carbocycles. The molecule has 0 aliphatic carbocycles. The van der Waals surface area contributed by atoms with Crippen molar-refractivity contribution in [1.29, 1.82) is 0 Å². The van der Waals surface area contributed by atoms with Gasteiger partial charge in [-0.05, 0) is 45.7 Å². The molecular weight excluding hydrogens is 412 g/mol. The zero-order chi connectivity index (χ0) is 23.3. The van der Waals surface area contributed by atoms with Crippen molar-refractivity contribution in [2.45, 2.75) is 63.9 Å². The van der Waals surface area contributed by atoms with Gasteiger partial charge in [-0.15, -0.1) is 0 Å². The van der Waals surface area contributed by atoms with Gasteiger partial charge in [-0.3, -0.25) is 9.78 Å². The largest absolute Gasteiger partial charge is 0.481 e. The number of amides is 2. The minimum absolute atomic E-state index is 0.00173. The molecule has 3 atom stereocenters. The summed E-state index contributed by atoms with van der Waals surface area (Å²) in [6, 6.07) is 5.11. The molecule has 0 unspecified atom stereocenters. The van der Waals surface area contributed by atoms with Crippen LogP contribution in [0.2, 0.25) is 0 Å². The van der Waals surface area contributed by atoms with Gasteiger partial charge in [-0.25, -0.2) is 9.78 Å². The van der Waals surface area contributed by atoms with Crippen molar-refractivity contribution < 1.29 is 23.8 Å². The fourth-order valence-corrected chi connectivity index (χ4v) is 3.56. The van der Waals surface area contributed by atoms with Gasteiger partial charge in [0.15, 0.2) is 0 Å². The predicted molar refractivity (Wildman–Crippen MR) is 120 cm³/mol. The number of hydrogen-bond donors (Lipinski definition) is 2. The van der Waals surface area contributed by atoms with Crippen LogP contribution in [0.5, 0.6) is 5.88 Å². The Morgan fingerprint density at radius 1 is 1.28 bits per heavy atom. The van der Waals surface area contributed by atoms with Crippen molar-refractivity contribution in [3.63, 3.8) is 0 Å². The molecule has 2 aromatic rings. The van der Waals surface area contributed by atoms with E-state index in [-0.39, 0.29) is 18.6 Å². The van der Waals surface area contributed by atoms with Crippen LogP contribution in [-0.2, 0) is 14.3 Å². The summed E-state index contributed by atoms with van der Waals surface area (Å²) in [5.74, 6) is 0.0127. The number of primary amides is 1. The first kappa shape index (κ1) is 23.5. The number of nitrogens with two attached hydrogens (primary N) is 1. The van der Waals surface area contributed by atoms with E-state index in [1.165, 1.54) is 0 Å². The SMILES string of the molecule is COc1ccc2nccc(/C=C/[C@@H]3CC[C@@H](NC(=O)OC(C)(C)C)[C@@H](CC(N)=O)O3)c2n1. The predicted octanol–water partition coefficient (Wildman–Crippen LogP) is 2.97. The standard InChI is InChI=1S/C23H30N4O5/c1-23(2,3)32-22(29)26-16-8-7-15(31-18(16)13-19(24)28)6-5-14-11-12-25-17-9-10-20(30-4)27-21(14)17/h5-6,9-12,15-16,18H,7-8,13H2,1-4H3,(H2,24,28)(H,26,29)/b6-5+/t15-,16-,18-/m1/s1. The molecule has 3 N–H and O–H groups in total. The van der Waals surface area contributed by atoms with Crippen molar-refractivity contribution >= 4 is 29.1 Å². The molecule has 0 bridgehead atoms. The summed E-state index contributed by atoms with van der Waals surface area (Å²) < 4.78 is 16.6. The highest BCUT2D eigenvalue weighted by molar-refractivity contribution is 5.84. The van der Waals surface area contributed by atoms with Crippen LogP contribution in [0.15, 0.2) is 30.5 Å². The number of aromatic nitrogens is 2. The highest BCUT2D eigenvalue weighted by atomic mass is 16.6. The van der Waals surface area contributed by atoms with E-state index in [4.69, 9.17) is 19.9 Å². The molecule has 9 heteroatoms. The quantitative estimate of drug-likeness (QED) is 0.704. The van der Waals surface area contributed by atoms with E-state index < -0.39 is 23.7 Å². The number of alkyl carbamates (subject to hydrolysis) is 1. The van der Waals surface area contributed by atoms with Gasteiger partial charge in [0, 0.05) is 17.8 Å². The Balaban J connectivity index is 1.72. The van der Waals surface area contributed by atoms with Crippen LogP contribution in [0, 0.1) is 0 Å². The monoisotopic (exact) mass is 442 g/mol. The Kier molecular flexibility index (Phi) is 7.29. The Morgan fingerprint density at radius 3 is 2.75 bits per heavy atom. The number of hydrogen-bond acceptors (Lipinski definition) is 7. The molecule has 1 aliphatic heterocycles. The van der Waals surface area contributed by atoms with Crippen molar-refractivity contribution in [2.24, 2.45) is 5.73 Å². The molecule has 1 fully saturated rings. The Labute approximate surface area is 187 Å². The number of carbonyl (C=O) groups excluding carboxylic acids is 2. The lowest BCUT2D eigenvalue weighted by Crippen LogP contribution is -2.51.